The molecule has 14 nitrogen and oxygen atoms in total. The zero-order valence-electron chi connectivity index (χ0n) is 28.3. The van der Waals surface area contributed by atoms with Crippen molar-refractivity contribution in [3.63, 3.8) is 0 Å². The van der Waals surface area contributed by atoms with Crippen molar-refractivity contribution < 1.29 is 32.6 Å². The van der Waals surface area contributed by atoms with Gasteiger partial charge >= 0.3 is 12.1 Å². The Hall–Kier alpha value is -3.44. The van der Waals surface area contributed by atoms with Gasteiger partial charge in [-0.05, 0) is 77.4 Å². The van der Waals surface area contributed by atoms with Crippen LogP contribution in [-0.2, 0) is 32.6 Å². The van der Waals surface area contributed by atoms with Gasteiger partial charge in [0.05, 0.1) is 4.47 Å². The van der Waals surface area contributed by atoms with Crippen molar-refractivity contribution in [2.24, 2.45) is 0 Å². The summed E-state index contributed by atoms with van der Waals surface area (Å²) in [5.74, 6) is -0.197. The minimum absolute atomic E-state index is 0.0172. The van der Waals surface area contributed by atoms with E-state index >= 15 is 0 Å². The Morgan fingerprint density at radius 1 is 0.940 bits per heavy atom. The summed E-state index contributed by atoms with van der Waals surface area (Å²) in [6, 6.07) is 12.9. The molecule has 4 amide bonds. The van der Waals surface area contributed by atoms with E-state index in [4.69, 9.17) is 4.74 Å². The van der Waals surface area contributed by atoms with Crippen LogP contribution in [0.25, 0.3) is 0 Å². The van der Waals surface area contributed by atoms with Gasteiger partial charge in [0.2, 0.25) is 0 Å². The van der Waals surface area contributed by atoms with E-state index in [1.807, 2.05) is 29.2 Å². The summed E-state index contributed by atoms with van der Waals surface area (Å²) in [5, 5.41) is 13.0. The third-order valence-corrected chi connectivity index (χ3v) is 12.6. The summed E-state index contributed by atoms with van der Waals surface area (Å²) in [6.07, 6.45) is 1.92. The number of phenolic OH excluding ortho intramolecular Hbond substituents is 1. The second kappa shape index (κ2) is 15.8. The predicted molar refractivity (Wildman–Crippen MR) is 191 cm³/mol. The van der Waals surface area contributed by atoms with Gasteiger partial charge in [-0.1, -0.05) is 24.3 Å². The predicted octanol–water partition coefficient (Wildman–Crippen LogP) is 2.83. The SMILES string of the molecule is CNS(=O)(=O)N1CCC(N2CCN(C(=O)[C@@H](Cc3ccc(O)c(Br)c3)OC(=O)N3CCC(N4CCc5ccccc5NC4=O)CC3)CC2)CC1. The largest absolute Gasteiger partial charge is 0.507 e. The van der Waals surface area contributed by atoms with Crippen LogP contribution in [0, 0.1) is 0 Å². The van der Waals surface area contributed by atoms with Gasteiger partial charge in [-0.2, -0.15) is 12.7 Å². The van der Waals surface area contributed by atoms with E-state index in [-0.39, 0.29) is 36.2 Å². The number of aromatic hydroxyl groups is 1. The van der Waals surface area contributed by atoms with E-state index in [2.05, 4.69) is 30.9 Å². The van der Waals surface area contributed by atoms with Crippen molar-refractivity contribution in [1.82, 2.24) is 28.6 Å². The lowest BCUT2D eigenvalue weighted by Gasteiger charge is -2.43. The fourth-order valence-electron chi connectivity index (χ4n) is 7.45. The summed E-state index contributed by atoms with van der Waals surface area (Å²) in [4.78, 5) is 48.2. The Bertz CT molecular complexity index is 1660. The molecule has 0 aromatic heterocycles. The Labute approximate surface area is 302 Å². The first kappa shape index (κ1) is 36.4. The molecule has 3 saturated heterocycles. The van der Waals surface area contributed by atoms with Crippen molar-refractivity contribution in [3.05, 3.63) is 58.1 Å². The van der Waals surface area contributed by atoms with Gasteiger partial charge in [0.25, 0.3) is 16.1 Å². The van der Waals surface area contributed by atoms with E-state index < -0.39 is 22.4 Å². The number of anilines is 1. The summed E-state index contributed by atoms with van der Waals surface area (Å²) in [5.41, 5.74) is 2.67. The standard InChI is InChI=1S/C34H46BrN7O7S/c1-36-50(47,48)41-15-11-26(12-16-41)38-18-20-39(21-19-38)32(44)31(23-24-6-7-30(43)28(35)22-24)49-34(46)40-13-9-27(10-14-40)42-17-8-25-4-2-3-5-29(25)37-33(42)45/h2-7,22,26-27,31,36,43H,8-21,23H2,1H3,(H,37,45)/t31-/m1/s1. The maximum atomic E-state index is 14.0. The molecule has 0 unspecified atom stereocenters. The number of rotatable bonds is 8. The van der Waals surface area contributed by atoms with Gasteiger partial charge in [-0.25, -0.2) is 14.3 Å². The molecule has 6 rings (SSSR count). The molecule has 272 valence electrons. The molecule has 50 heavy (non-hydrogen) atoms. The molecule has 2 aromatic rings. The number of carbonyl (C=O) groups excluding carboxylic acids is 3. The van der Waals surface area contributed by atoms with Crippen molar-refractivity contribution in [3.8, 4) is 5.75 Å². The Balaban J connectivity index is 1.05. The first-order valence-electron chi connectivity index (χ1n) is 17.3. The molecule has 0 bridgehead atoms. The lowest BCUT2D eigenvalue weighted by molar-refractivity contribution is -0.143. The number of carbonyl (C=O) groups is 3. The molecule has 16 heteroatoms. The molecular weight excluding hydrogens is 730 g/mol. The molecule has 1 atom stereocenters. The van der Waals surface area contributed by atoms with Crippen LogP contribution in [0.4, 0.5) is 15.3 Å². The Kier molecular flexibility index (Phi) is 11.5. The molecule has 3 N–H and O–H groups in total. The highest BCUT2D eigenvalue weighted by atomic mass is 79.9. The van der Waals surface area contributed by atoms with Crippen LogP contribution in [0.2, 0.25) is 0 Å². The minimum Gasteiger partial charge on any atom is -0.507 e. The topological polar surface area (TPSA) is 155 Å². The Morgan fingerprint density at radius 3 is 2.30 bits per heavy atom. The number of nitrogens with one attached hydrogen (secondary N) is 2. The summed E-state index contributed by atoms with van der Waals surface area (Å²) in [7, 11) is -2.02. The van der Waals surface area contributed by atoms with Crippen molar-refractivity contribution in [2.45, 2.75) is 56.7 Å². The zero-order valence-corrected chi connectivity index (χ0v) is 30.7. The zero-order chi connectivity index (χ0) is 35.4. The normalized spacial score (nSPS) is 20.9. The van der Waals surface area contributed by atoms with E-state index in [0.29, 0.717) is 76.2 Å². The molecule has 0 radical (unpaired) electrons. The summed E-state index contributed by atoms with van der Waals surface area (Å²) < 4.78 is 34.7. The number of fused-ring (bicyclic) bond motifs is 1. The maximum absolute atomic E-state index is 14.0. The molecule has 2 aromatic carbocycles. The smallest absolute Gasteiger partial charge is 0.410 e. The molecule has 0 spiro atoms. The number of hydrogen-bond donors (Lipinski definition) is 3. The van der Waals surface area contributed by atoms with Crippen LogP contribution in [0.1, 0.15) is 36.8 Å². The number of urea groups is 1. The van der Waals surface area contributed by atoms with E-state index in [1.165, 1.54) is 17.4 Å². The fourth-order valence-corrected chi connectivity index (χ4v) is 8.83. The number of amides is 4. The molecule has 3 fully saturated rings. The van der Waals surface area contributed by atoms with Crippen LogP contribution in [-0.4, -0.2) is 140 Å². The summed E-state index contributed by atoms with van der Waals surface area (Å²) in [6.45, 7) is 4.52. The van der Waals surface area contributed by atoms with Crippen LogP contribution >= 0.6 is 15.9 Å². The van der Waals surface area contributed by atoms with Gasteiger partial charge in [-0.3, -0.25) is 9.69 Å². The van der Waals surface area contributed by atoms with Gasteiger partial charge in [0.1, 0.15) is 5.75 Å². The molecule has 4 aliphatic rings. The quantitative estimate of drug-likeness (QED) is 0.370. The summed E-state index contributed by atoms with van der Waals surface area (Å²) >= 11 is 3.34. The van der Waals surface area contributed by atoms with Crippen LogP contribution < -0.4 is 10.0 Å². The molecule has 4 aliphatic heterocycles. The van der Waals surface area contributed by atoms with Crippen LogP contribution in [0.5, 0.6) is 5.75 Å². The molecular formula is C34H46BrN7O7S. The van der Waals surface area contributed by atoms with Crippen molar-refractivity contribution in [1.29, 1.82) is 0 Å². The average molecular weight is 777 g/mol. The van der Waals surface area contributed by atoms with E-state index in [1.54, 1.807) is 21.9 Å². The number of phenols is 1. The number of halogens is 1. The van der Waals surface area contributed by atoms with Crippen molar-refractivity contribution in [2.75, 3.05) is 71.3 Å². The van der Waals surface area contributed by atoms with Gasteiger partial charge in [0, 0.05) is 90.1 Å². The first-order valence-corrected chi connectivity index (χ1v) is 19.6. The number of ether oxygens (including phenoxy) is 1. The van der Waals surface area contributed by atoms with Crippen LogP contribution in [0.15, 0.2) is 46.9 Å². The number of piperidine rings is 2. The number of likely N-dealkylation sites (tertiary alicyclic amines) is 1. The average Bonchev–Trinajstić information content (AvgIpc) is 3.30. The number of para-hydroxylation sites is 1. The minimum atomic E-state index is -3.44. The number of benzene rings is 2. The van der Waals surface area contributed by atoms with E-state index in [9.17, 15) is 27.9 Å². The van der Waals surface area contributed by atoms with Gasteiger partial charge in [-0.15, -0.1) is 0 Å². The van der Waals surface area contributed by atoms with Gasteiger partial charge < -0.3 is 29.9 Å². The molecule has 4 heterocycles. The third-order valence-electron chi connectivity index (χ3n) is 10.4. The lowest BCUT2D eigenvalue weighted by atomic mass is 10.0. The number of hydrogen-bond acceptors (Lipinski definition) is 8. The Morgan fingerprint density at radius 2 is 1.62 bits per heavy atom. The highest BCUT2D eigenvalue weighted by Crippen LogP contribution is 2.28. The third kappa shape index (κ3) is 8.36. The lowest BCUT2D eigenvalue weighted by Crippen LogP contribution is -2.57. The van der Waals surface area contributed by atoms with Crippen LogP contribution in [0.3, 0.4) is 0 Å². The first-order chi connectivity index (χ1) is 24.0. The van der Waals surface area contributed by atoms with E-state index in [0.717, 1.165) is 36.1 Å². The van der Waals surface area contributed by atoms with Gasteiger partial charge in [0.15, 0.2) is 6.10 Å². The molecule has 0 aliphatic carbocycles. The maximum Gasteiger partial charge on any atom is 0.410 e. The highest BCUT2D eigenvalue weighted by molar-refractivity contribution is 9.10. The second-order valence-electron chi connectivity index (χ2n) is 13.3. The monoisotopic (exact) mass is 775 g/mol. The highest BCUT2D eigenvalue weighted by Gasteiger charge is 2.37. The fraction of sp³-hybridized carbons (Fsp3) is 0.559. The van der Waals surface area contributed by atoms with Crippen molar-refractivity contribution >= 4 is 49.9 Å². The number of piperazine rings is 1. The number of nitrogens with zero attached hydrogens (tertiary/aromatic N) is 5. The molecule has 0 saturated carbocycles. The second-order valence-corrected chi connectivity index (χ2v) is 16.0.